The maximum atomic E-state index is 13.4. The average molecular weight is 1030 g/mol. The van der Waals surface area contributed by atoms with Crippen LogP contribution in [0.15, 0.2) is 36.5 Å². The first-order valence-corrected chi connectivity index (χ1v) is 30.8. The van der Waals surface area contributed by atoms with Crippen molar-refractivity contribution in [2.24, 2.45) is 0 Å². The molecular weight excluding hydrogens is 919 g/mol. The Morgan fingerprint density at radius 2 is 0.918 bits per heavy atom. The second-order valence-corrected chi connectivity index (χ2v) is 21.4. The van der Waals surface area contributed by atoms with E-state index in [2.05, 4.69) is 50.4 Å². The number of aliphatic hydroxyl groups is 5. The van der Waals surface area contributed by atoms with Gasteiger partial charge in [-0.15, -0.1) is 0 Å². The Balaban J connectivity index is 2.62. The summed E-state index contributed by atoms with van der Waals surface area (Å²) in [6.07, 6.45) is 49.2. The lowest BCUT2D eigenvalue weighted by Gasteiger charge is -2.41. The van der Waals surface area contributed by atoms with Crippen molar-refractivity contribution in [2.75, 3.05) is 13.2 Å². The van der Waals surface area contributed by atoms with Crippen molar-refractivity contribution in [3.63, 3.8) is 0 Å². The van der Waals surface area contributed by atoms with E-state index in [0.29, 0.717) is 19.3 Å². The molecule has 1 aliphatic rings. The number of allylic oxidation sites excluding steroid dienone is 5. The van der Waals surface area contributed by atoms with Gasteiger partial charge in [-0.1, -0.05) is 243 Å². The van der Waals surface area contributed by atoms with Gasteiger partial charge >= 0.3 is 5.97 Å². The lowest BCUT2D eigenvalue weighted by atomic mass is 9.99. The van der Waals surface area contributed by atoms with E-state index in [0.717, 1.165) is 77.0 Å². The molecule has 0 aromatic rings. The molecule has 6 N–H and O–H groups in total. The summed E-state index contributed by atoms with van der Waals surface area (Å²) in [5, 5.41) is 56.8. The molecule has 8 unspecified atom stereocenters. The molecule has 1 fully saturated rings. The van der Waals surface area contributed by atoms with Gasteiger partial charge in [-0.25, -0.2) is 0 Å². The van der Waals surface area contributed by atoms with Crippen LogP contribution in [0.2, 0.25) is 0 Å². The first-order valence-electron chi connectivity index (χ1n) is 30.8. The van der Waals surface area contributed by atoms with Crippen molar-refractivity contribution in [1.29, 1.82) is 0 Å². The van der Waals surface area contributed by atoms with Crippen molar-refractivity contribution in [3.8, 4) is 0 Å². The van der Waals surface area contributed by atoms with Crippen molar-refractivity contribution in [3.05, 3.63) is 36.5 Å². The maximum Gasteiger partial charge on any atom is 0.306 e. The van der Waals surface area contributed by atoms with Gasteiger partial charge in [0.25, 0.3) is 0 Å². The van der Waals surface area contributed by atoms with E-state index in [4.69, 9.17) is 14.2 Å². The molecule has 0 aromatic carbocycles. The highest BCUT2D eigenvalue weighted by Gasteiger charge is 2.47. The van der Waals surface area contributed by atoms with Crippen LogP contribution in [0.5, 0.6) is 0 Å². The predicted molar refractivity (Wildman–Crippen MR) is 301 cm³/mol. The molecule has 0 aromatic heterocycles. The molecule has 1 saturated heterocycles. The Bertz CT molecular complexity index is 1330. The second-order valence-electron chi connectivity index (χ2n) is 21.4. The molecule has 11 nitrogen and oxygen atoms in total. The molecule has 0 radical (unpaired) electrons. The third-order valence-corrected chi connectivity index (χ3v) is 14.5. The molecule has 0 aliphatic carbocycles. The first-order chi connectivity index (χ1) is 35.7. The highest BCUT2D eigenvalue weighted by molar-refractivity contribution is 5.80. The third-order valence-electron chi connectivity index (χ3n) is 14.5. The minimum absolute atomic E-state index is 0.115. The Morgan fingerprint density at radius 3 is 1.37 bits per heavy atom. The number of hydrogen-bond donors (Lipinski definition) is 6. The minimum atomic E-state index is -1.61. The number of rotatable bonds is 52. The van der Waals surface area contributed by atoms with Gasteiger partial charge in [-0.05, 0) is 70.6 Å². The summed E-state index contributed by atoms with van der Waals surface area (Å²) in [4.78, 5) is 26.4. The molecule has 1 heterocycles. The number of carbonyl (C=O) groups is 2. The van der Waals surface area contributed by atoms with Crippen molar-refractivity contribution in [1.82, 2.24) is 5.32 Å². The number of ether oxygens (including phenoxy) is 3. The fourth-order valence-electron chi connectivity index (χ4n) is 9.57. The number of esters is 1. The van der Waals surface area contributed by atoms with Gasteiger partial charge < -0.3 is 45.1 Å². The van der Waals surface area contributed by atoms with Gasteiger partial charge in [0.15, 0.2) is 12.4 Å². The highest BCUT2D eigenvalue weighted by Crippen LogP contribution is 2.26. The van der Waals surface area contributed by atoms with E-state index < -0.39 is 67.4 Å². The van der Waals surface area contributed by atoms with Crippen LogP contribution in [0.3, 0.4) is 0 Å². The predicted octanol–water partition coefficient (Wildman–Crippen LogP) is 14.3. The third kappa shape index (κ3) is 39.0. The quantitative estimate of drug-likeness (QED) is 0.0195. The number of carbonyl (C=O) groups excluding carboxylic acids is 2. The smallest absolute Gasteiger partial charge is 0.306 e. The van der Waals surface area contributed by atoms with Crippen molar-refractivity contribution < 1.29 is 49.3 Å². The maximum absolute atomic E-state index is 13.4. The van der Waals surface area contributed by atoms with E-state index in [1.165, 1.54) is 161 Å². The molecule has 73 heavy (non-hydrogen) atoms. The van der Waals surface area contributed by atoms with E-state index >= 15 is 0 Å². The molecule has 1 aliphatic heterocycles. The number of aliphatic hydroxyl groups excluding tert-OH is 5. The zero-order valence-corrected chi connectivity index (χ0v) is 47.3. The molecule has 428 valence electrons. The summed E-state index contributed by atoms with van der Waals surface area (Å²) in [5.41, 5.74) is 0. The van der Waals surface area contributed by atoms with E-state index in [-0.39, 0.29) is 13.0 Å². The van der Waals surface area contributed by atoms with Crippen LogP contribution >= 0.6 is 0 Å². The zero-order valence-electron chi connectivity index (χ0n) is 47.3. The molecule has 1 amide bonds. The Morgan fingerprint density at radius 1 is 0.521 bits per heavy atom. The van der Waals surface area contributed by atoms with Gasteiger partial charge in [0.05, 0.1) is 25.4 Å². The van der Waals surface area contributed by atoms with E-state index in [1.807, 2.05) is 6.08 Å². The number of nitrogens with one attached hydrogen (secondary N) is 1. The van der Waals surface area contributed by atoms with Crippen LogP contribution in [0, 0.1) is 0 Å². The van der Waals surface area contributed by atoms with Crippen LogP contribution in [0.1, 0.15) is 284 Å². The fourth-order valence-corrected chi connectivity index (χ4v) is 9.57. The Hall–Kier alpha value is -2.12. The minimum Gasteiger partial charge on any atom is -0.454 e. The van der Waals surface area contributed by atoms with Gasteiger partial charge in [-0.3, -0.25) is 9.59 Å². The molecule has 0 spiro atoms. The van der Waals surface area contributed by atoms with Crippen LogP contribution in [0.4, 0.5) is 0 Å². The van der Waals surface area contributed by atoms with Gasteiger partial charge in [-0.2, -0.15) is 0 Å². The van der Waals surface area contributed by atoms with Gasteiger partial charge in [0.1, 0.15) is 24.4 Å². The van der Waals surface area contributed by atoms with Crippen LogP contribution < -0.4 is 5.32 Å². The summed E-state index contributed by atoms with van der Waals surface area (Å²) in [7, 11) is 0. The summed E-state index contributed by atoms with van der Waals surface area (Å²) in [6, 6.07) is -1.02. The van der Waals surface area contributed by atoms with E-state index in [9.17, 15) is 35.1 Å². The summed E-state index contributed by atoms with van der Waals surface area (Å²) < 4.78 is 17.6. The molecular formula is C62H115NO10. The van der Waals surface area contributed by atoms with Crippen LogP contribution in [-0.2, 0) is 23.8 Å². The number of amides is 1. The van der Waals surface area contributed by atoms with Gasteiger partial charge in [0.2, 0.25) is 5.91 Å². The van der Waals surface area contributed by atoms with Crippen LogP contribution in [-0.4, -0.2) is 99.6 Å². The topological polar surface area (TPSA) is 175 Å². The molecule has 0 bridgehead atoms. The van der Waals surface area contributed by atoms with Gasteiger partial charge in [0, 0.05) is 6.42 Å². The lowest BCUT2D eigenvalue weighted by molar-refractivity contribution is -0.305. The molecule has 8 atom stereocenters. The SMILES string of the molecule is CCCC/C=C\CCCCCCCC(=O)OC1C(OCC(NC(=O)C(O)CCCCCCCCCCCCCC/C=C/CCCCCCCC)C(O)/C=C/CCCCCCCCCCC)OC(CO)C(O)C1O. The molecule has 0 saturated carbocycles. The monoisotopic (exact) mass is 1030 g/mol. The normalized spacial score (nSPS) is 19.6. The average Bonchev–Trinajstić information content (AvgIpc) is 3.39. The lowest BCUT2D eigenvalue weighted by Crippen LogP contribution is -2.61. The first kappa shape index (κ1) is 68.9. The highest BCUT2D eigenvalue weighted by atomic mass is 16.7. The fraction of sp³-hybridized carbons (Fsp3) is 0.871. The Kier molecular flexibility index (Phi) is 47.8. The van der Waals surface area contributed by atoms with E-state index in [1.54, 1.807) is 6.08 Å². The standard InChI is InChI=1S/C62H115NO10/c1-4-7-10-13-16-19-22-23-24-25-26-27-28-29-30-31-32-35-37-40-43-46-49-55(66)61(70)63-53(54(65)48-45-42-39-36-33-20-17-14-11-8-5-2)52-71-62-60(59(69)58(68)56(51-64)72-62)73-57(67)50-47-44-41-38-34-21-18-15-12-9-6-3/h15,18,23-24,45,48,53-56,58-60,62,64-66,68-69H,4-14,16-17,19-22,25-44,46-47,49-52H2,1-3H3,(H,63,70)/b18-15-,24-23+,48-45+. The summed E-state index contributed by atoms with van der Waals surface area (Å²) >= 11 is 0. The Labute approximate surface area is 447 Å². The molecule has 11 heteroatoms. The zero-order chi connectivity index (χ0) is 53.3. The summed E-state index contributed by atoms with van der Waals surface area (Å²) in [5.74, 6) is -1.20. The van der Waals surface area contributed by atoms with Crippen LogP contribution in [0.25, 0.3) is 0 Å². The molecule has 1 rings (SSSR count). The van der Waals surface area contributed by atoms with Crippen molar-refractivity contribution >= 4 is 11.9 Å². The van der Waals surface area contributed by atoms with Crippen molar-refractivity contribution in [2.45, 2.75) is 333 Å². The number of hydrogen-bond acceptors (Lipinski definition) is 10. The largest absolute Gasteiger partial charge is 0.454 e. The number of unbranched alkanes of at least 4 members (excludes halogenated alkanes) is 34. The summed E-state index contributed by atoms with van der Waals surface area (Å²) in [6.45, 7) is 5.74. The second kappa shape index (κ2) is 50.7.